The van der Waals surface area contributed by atoms with Crippen LogP contribution >= 0.6 is 0 Å². The summed E-state index contributed by atoms with van der Waals surface area (Å²) in [7, 11) is 0. The van der Waals surface area contributed by atoms with Gasteiger partial charge in [0.1, 0.15) is 0 Å². The first-order valence-electron chi connectivity index (χ1n) is 8.30. The largest absolute Gasteiger partial charge is 0.342 e. The highest BCUT2D eigenvalue weighted by molar-refractivity contribution is 5.76. The molecule has 0 spiro atoms. The number of aromatic nitrogens is 2. The second-order valence-corrected chi connectivity index (χ2v) is 6.35. The number of hydrogen-bond donors (Lipinski definition) is 1. The van der Waals surface area contributed by atoms with Crippen molar-refractivity contribution in [3.05, 3.63) is 18.7 Å². The first kappa shape index (κ1) is 14.6. The van der Waals surface area contributed by atoms with Crippen LogP contribution in [0.25, 0.3) is 0 Å². The van der Waals surface area contributed by atoms with Crippen molar-refractivity contribution in [3.8, 4) is 0 Å². The minimum absolute atomic E-state index is 0.331. The Morgan fingerprint density at radius 3 is 3.14 bits per heavy atom. The van der Waals surface area contributed by atoms with E-state index in [-0.39, 0.29) is 0 Å². The second-order valence-electron chi connectivity index (χ2n) is 6.35. The number of fused-ring (bicyclic) bond motifs is 1. The van der Waals surface area contributed by atoms with Crippen LogP contribution in [-0.4, -0.2) is 46.0 Å². The molecule has 1 aromatic rings. The Morgan fingerprint density at radius 2 is 2.29 bits per heavy atom. The maximum absolute atomic E-state index is 12.4. The van der Waals surface area contributed by atoms with Crippen LogP contribution in [-0.2, 0) is 11.3 Å². The molecule has 0 aliphatic carbocycles. The Morgan fingerprint density at radius 1 is 1.33 bits per heavy atom. The van der Waals surface area contributed by atoms with E-state index in [1.807, 2.05) is 17.1 Å². The van der Waals surface area contributed by atoms with Crippen LogP contribution in [0.2, 0.25) is 0 Å². The van der Waals surface area contributed by atoms with Gasteiger partial charge in [-0.05, 0) is 38.1 Å². The van der Waals surface area contributed by atoms with Gasteiger partial charge in [-0.1, -0.05) is 6.42 Å². The van der Waals surface area contributed by atoms with Gasteiger partial charge in [0.25, 0.3) is 0 Å². The number of nitrogens with one attached hydrogen (secondary N) is 1. The number of carbonyl (C=O) groups excluding carboxylic acids is 1. The standard InChI is InChI=1S/C16H26N4O/c21-16(5-3-9-19-11-8-17-13-19)20-10-6-15-14(12-20)4-1-2-7-18-15/h8,11,13-15,18H,1-7,9-10,12H2/t14-,15+/m0/s1. The van der Waals surface area contributed by atoms with Gasteiger partial charge in [-0.15, -0.1) is 0 Å². The quantitative estimate of drug-likeness (QED) is 0.917. The molecule has 5 heteroatoms. The molecule has 0 unspecified atom stereocenters. The van der Waals surface area contributed by atoms with E-state index in [1.165, 1.54) is 19.3 Å². The Bertz CT molecular complexity index is 445. The van der Waals surface area contributed by atoms with Gasteiger partial charge < -0.3 is 14.8 Å². The fraction of sp³-hybridized carbons (Fsp3) is 0.750. The Kier molecular flexibility index (Phi) is 4.91. The van der Waals surface area contributed by atoms with Crippen LogP contribution in [0.3, 0.4) is 0 Å². The molecule has 2 atom stereocenters. The van der Waals surface area contributed by atoms with Crippen molar-refractivity contribution in [1.29, 1.82) is 0 Å². The van der Waals surface area contributed by atoms with Crippen LogP contribution in [0.4, 0.5) is 0 Å². The molecule has 2 saturated heterocycles. The van der Waals surface area contributed by atoms with Crippen LogP contribution in [0.5, 0.6) is 0 Å². The summed E-state index contributed by atoms with van der Waals surface area (Å²) in [5.41, 5.74) is 0. The zero-order valence-electron chi connectivity index (χ0n) is 12.7. The Hall–Kier alpha value is -1.36. The van der Waals surface area contributed by atoms with Crippen molar-refractivity contribution in [1.82, 2.24) is 19.8 Å². The van der Waals surface area contributed by atoms with E-state index in [0.717, 1.165) is 39.0 Å². The molecule has 0 radical (unpaired) electrons. The molecule has 2 fully saturated rings. The molecule has 5 nitrogen and oxygen atoms in total. The number of hydrogen-bond acceptors (Lipinski definition) is 3. The average molecular weight is 290 g/mol. The van der Waals surface area contributed by atoms with Gasteiger partial charge in [0.05, 0.1) is 6.33 Å². The highest BCUT2D eigenvalue weighted by Gasteiger charge is 2.31. The lowest BCUT2D eigenvalue weighted by Gasteiger charge is -2.38. The zero-order chi connectivity index (χ0) is 14.5. The molecule has 2 aliphatic heterocycles. The molecule has 1 aromatic heterocycles. The van der Waals surface area contributed by atoms with Gasteiger partial charge in [-0.25, -0.2) is 4.98 Å². The summed E-state index contributed by atoms with van der Waals surface area (Å²) in [6.45, 7) is 3.92. The summed E-state index contributed by atoms with van der Waals surface area (Å²) >= 11 is 0. The van der Waals surface area contributed by atoms with Crippen LogP contribution in [0, 0.1) is 5.92 Å². The number of nitrogens with zero attached hydrogens (tertiary/aromatic N) is 3. The molecule has 0 saturated carbocycles. The molecular formula is C16H26N4O. The summed E-state index contributed by atoms with van der Waals surface area (Å²) < 4.78 is 2.04. The number of likely N-dealkylation sites (tertiary alicyclic amines) is 1. The Balaban J connectivity index is 1.44. The van der Waals surface area contributed by atoms with Gasteiger partial charge in [-0.3, -0.25) is 4.79 Å². The molecule has 0 aromatic carbocycles. The van der Waals surface area contributed by atoms with Crippen molar-refractivity contribution < 1.29 is 4.79 Å². The smallest absolute Gasteiger partial charge is 0.222 e. The number of imidazole rings is 1. The third kappa shape index (κ3) is 3.84. The number of rotatable bonds is 4. The molecule has 1 N–H and O–H groups in total. The fourth-order valence-corrected chi connectivity index (χ4v) is 3.63. The molecule has 3 heterocycles. The van der Waals surface area contributed by atoms with Crippen LogP contribution in [0.1, 0.15) is 38.5 Å². The van der Waals surface area contributed by atoms with E-state index in [1.54, 1.807) is 6.20 Å². The van der Waals surface area contributed by atoms with Gasteiger partial charge in [0, 0.05) is 44.5 Å². The lowest BCUT2D eigenvalue weighted by molar-refractivity contribution is -0.133. The summed E-state index contributed by atoms with van der Waals surface area (Å²) in [5.74, 6) is 0.997. The average Bonchev–Trinajstić information content (AvgIpc) is 2.90. The molecule has 1 amide bonds. The van der Waals surface area contributed by atoms with E-state index < -0.39 is 0 Å². The third-order valence-electron chi connectivity index (χ3n) is 4.86. The first-order chi connectivity index (χ1) is 10.3. The van der Waals surface area contributed by atoms with Gasteiger partial charge in [-0.2, -0.15) is 0 Å². The first-order valence-corrected chi connectivity index (χ1v) is 8.30. The number of piperidine rings is 1. The van der Waals surface area contributed by atoms with Gasteiger partial charge >= 0.3 is 0 Å². The summed E-state index contributed by atoms with van der Waals surface area (Å²) in [5, 5.41) is 3.66. The topological polar surface area (TPSA) is 50.2 Å². The SMILES string of the molecule is O=C(CCCn1ccnc1)N1CC[C@H]2NCCCC[C@H]2C1. The highest BCUT2D eigenvalue weighted by Crippen LogP contribution is 2.25. The minimum atomic E-state index is 0.331. The second kappa shape index (κ2) is 7.07. The van der Waals surface area contributed by atoms with Crippen LogP contribution < -0.4 is 5.32 Å². The monoisotopic (exact) mass is 290 g/mol. The highest BCUT2D eigenvalue weighted by atomic mass is 16.2. The normalized spacial score (nSPS) is 26.2. The van der Waals surface area contributed by atoms with E-state index in [0.29, 0.717) is 24.3 Å². The predicted molar refractivity (Wildman–Crippen MR) is 81.8 cm³/mol. The van der Waals surface area contributed by atoms with E-state index in [4.69, 9.17) is 0 Å². The van der Waals surface area contributed by atoms with E-state index in [2.05, 4.69) is 15.2 Å². The van der Waals surface area contributed by atoms with E-state index in [9.17, 15) is 4.79 Å². The third-order valence-corrected chi connectivity index (χ3v) is 4.86. The molecule has 116 valence electrons. The summed E-state index contributed by atoms with van der Waals surface area (Å²) in [6.07, 6.45) is 12.1. The van der Waals surface area contributed by atoms with Gasteiger partial charge in [0.2, 0.25) is 5.91 Å². The molecule has 3 rings (SSSR count). The maximum Gasteiger partial charge on any atom is 0.222 e. The fourth-order valence-electron chi connectivity index (χ4n) is 3.63. The lowest BCUT2D eigenvalue weighted by Crippen LogP contribution is -2.50. The van der Waals surface area contributed by atoms with Crippen LogP contribution in [0.15, 0.2) is 18.7 Å². The number of aryl methyl sites for hydroxylation is 1. The maximum atomic E-state index is 12.4. The van der Waals surface area contributed by atoms with Crippen molar-refractivity contribution in [2.45, 2.75) is 51.1 Å². The zero-order valence-corrected chi connectivity index (χ0v) is 12.7. The van der Waals surface area contributed by atoms with E-state index >= 15 is 0 Å². The Labute approximate surface area is 126 Å². The number of carbonyl (C=O) groups is 1. The molecular weight excluding hydrogens is 264 g/mol. The molecule has 21 heavy (non-hydrogen) atoms. The minimum Gasteiger partial charge on any atom is -0.342 e. The lowest BCUT2D eigenvalue weighted by atomic mass is 9.89. The van der Waals surface area contributed by atoms with Gasteiger partial charge in [0.15, 0.2) is 0 Å². The predicted octanol–water partition coefficient (Wildman–Crippen LogP) is 1.65. The molecule has 2 aliphatic rings. The van der Waals surface area contributed by atoms with Crippen molar-refractivity contribution in [3.63, 3.8) is 0 Å². The summed E-state index contributed by atoms with van der Waals surface area (Å²) in [6, 6.07) is 0.641. The van der Waals surface area contributed by atoms with Crippen molar-refractivity contribution >= 4 is 5.91 Å². The summed E-state index contributed by atoms with van der Waals surface area (Å²) in [4.78, 5) is 18.5. The number of amides is 1. The van der Waals surface area contributed by atoms with Crippen molar-refractivity contribution in [2.75, 3.05) is 19.6 Å². The van der Waals surface area contributed by atoms with Crippen molar-refractivity contribution in [2.24, 2.45) is 5.92 Å². The molecule has 0 bridgehead atoms.